The van der Waals surface area contributed by atoms with Gasteiger partial charge in [0.1, 0.15) is 11.2 Å². The van der Waals surface area contributed by atoms with Crippen LogP contribution in [0, 0.1) is 6.92 Å². The number of benzene rings is 9. The van der Waals surface area contributed by atoms with Crippen molar-refractivity contribution in [3.63, 3.8) is 0 Å². The monoisotopic (exact) mass is 888 g/mol. The average Bonchev–Trinajstić information content (AvgIpc) is 4.00. The highest BCUT2D eigenvalue weighted by Crippen LogP contribution is 2.53. The summed E-state index contributed by atoms with van der Waals surface area (Å²) in [5.74, 6) is 0. The number of aryl methyl sites for hydroxylation is 1. The molecule has 0 aliphatic carbocycles. The largest absolute Gasteiger partial charge is 0.456 e. The highest BCUT2D eigenvalue weighted by molar-refractivity contribution is 7.00. The lowest BCUT2D eigenvalue weighted by Gasteiger charge is -2.46. The number of rotatable bonds is 2. The quantitative estimate of drug-likeness (QED) is 0.162. The molecule has 3 aliphatic heterocycles. The van der Waals surface area contributed by atoms with Gasteiger partial charge in [-0.05, 0) is 136 Å². The highest BCUT2D eigenvalue weighted by Gasteiger charge is 2.46. The predicted molar refractivity (Wildman–Crippen MR) is 292 cm³/mol. The first-order chi connectivity index (χ1) is 33.4. The molecule has 6 heteroatoms. The van der Waals surface area contributed by atoms with Crippen LogP contribution in [0.2, 0.25) is 0 Å². The zero-order valence-electron chi connectivity index (χ0n) is 39.9. The van der Waals surface area contributed by atoms with Crippen LogP contribution in [0.4, 0.5) is 34.1 Å². The van der Waals surface area contributed by atoms with Gasteiger partial charge in [-0.25, -0.2) is 0 Å². The van der Waals surface area contributed by atoms with E-state index in [-0.39, 0.29) is 17.5 Å². The minimum absolute atomic E-state index is 0.0105. The lowest BCUT2D eigenvalue weighted by Crippen LogP contribution is -2.61. The minimum atomic E-state index is -0.0264. The number of hydrogen-bond acceptors (Lipinski definition) is 3. The predicted octanol–water partition coefficient (Wildman–Crippen LogP) is 15.1. The van der Waals surface area contributed by atoms with E-state index in [0.717, 1.165) is 33.3 Å². The molecule has 0 atom stereocenters. The summed E-state index contributed by atoms with van der Waals surface area (Å²) in [5.41, 5.74) is 24.0. The molecule has 0 amide bonds. The molecule has 9 aromatic carbocycles. The number of aromatic nitrogens is 2. The fourth-order valence-electron chi connectivity index (χ4n) is 12.5. The van der Waals surface area contributed by atoms with Crippen molar-refractivity contribution in [2.24, 2.45) is 0 Å². The topological polar surface area (TPSA) is 29.5 Å². The van der Waals surface area contributed by atoms with Crippen molar-refractivity contribution in [3.05, 3.63) is 187 Å². The Balaban J connectivity index is 1.04. The van der Waals surface area contributed by atoms with Crippen molar-refractivity contribution in [2.75, 3.05) is 9.80 Å². The molecule has 0 radical (unpaired) electrons. The molecule has 5 nitrogen and oxygen atoms in total. The average molecular weight is 889 g/mol. The molecule has 0 bridgehead atoms. The third-order valence-corrected chi connectivity index (χ3v) is 15.7. The van der Waals surface area contributed by atoms with E-state index in [0.29, 0.717) is 0 Å². The Kier molecular flexibility index (Phi) is 7.46. The number of anilines is 6. The summed E-state index contributed by atoms with van der Waals surface area (Å²) in [6.45, 7) is 16.1. The van der Waals surface area contributed by atoms with Crippen LogP contribution in [0.25, 0.3) is 76.9 Å². The lowest BCUT2D eigenvalue weighted by molar-refractivity contribution is 0.590. The SMILES string of the molecule is Cc1cc2c3c(c1)N1c4c(cccc4-n4c5ccccc5c5cccc1c54)B3c1ccc(-n3c4ccc(C(C)(C)C)cc4c4cc(C(C)(C)C)ccc43)cc1N2c1ccc2c(c1)oc1ccccc12. The Bertz CT molecular complexity index is 4190. The van der Waals surface area contributed by atoms with Crippen molar-refractivity contribution in [2.45, 2.75) is 59.3 Å². The zero-order valence-corrected chi connectivity index (χ0v) is 39.9. The fraction of sp³-hybridized carbons (Fsp3) is 0.143. The third kappa shape index (κ3) is 5.16. The van der Waals surface area contributed by atoms with E-state index in [4.69, 9.17) is 4.42 Å². The maximum atomic E-state index is 6.66. The van der Waals surface area contributed by atoms with Crippen LogP contribution >= 0.6 is 0 Å². The zero-order chi connectivity index (χ0) is 46.4. The van der Waals surface area contributed by atoms with E-state index in [2.05, 4.69) is 237 Å². The summed E-state index contributed by atoms with van der Waals surface area (Å²) in [7, 11) is 0. The van der Waals surface area contributed by atoms with Gasteiger partial charge in [0, 0.05) is 66.8 Å². The second-order valence-corrected chi connectivity index (χ2v) is 21.9. The van der Waals surface area contributed by atoms with E-state index in [1.807, 2.05) is 0 Å². The first-order valence-corrected chi connectivity index (χ1v) is 24.5. The van der Waals surface area contributed by atoms with E-state index in [1.165, 1.54) is 111 Å². The summed E-state index contributed by atoms with van der Waals surface area (Å²) in [6.07, 6.45) is 0. The van der Waals surface area contributed by atoms with Crippen molar-refractivity contribution in [1.29, 1.82) is 0 Å². The molecule has 6 heterocycles. The van der Waals surface area contributed by atoms with Crippen LogP contribution in [0.15, 0.2) is 174 Å². The molecule has 0 saturated carbocycles. The molecular weight excluding hydrogens is 840 g/mol. The Morgan fingerprint density at radius 3 is 1.78 bits per heavy atom. The van der Waals surface area contributed by atoms with Gasteiger partial charge in [-0.15, -0.1) is 0 Å². The molecule has 0 spiro atoms. The molecule has 3 aromatic heterocycles. The fourth-order valence-corrected chi connectivity index (χ4v) is 12.5. The van der Waals surface area contributed by atoms with Gasteiger partial charge >= 0.3 is 0 Å². The Hall–Kier alpha value is -7.96. The normalized spacial score (nSPS) is 13.9. The molecule has 0 N–H and O–H groups in total. The van der Waals surface area contributed by atoms with Crippen LogP contribution in [-0.2, 0) is 10.8 Å². The molecule has 69 heavy (non-hydrogen) atoms. The van der Waals surface area contributed by atoms with Crippen molar-refractivity contribution < 1.29 is 4.42 Å². The molecule has 330 valence electrons. The van der Waals surface area contributed by atoms with Gasteiger partial charge in [0.2, 0.25) is 0 Å². The summed E-state index contributed by atoms with van der Waals surface area (Å²) in [4.78, 5) is 5.12. The molecule has 0 unspecified atom stereocenters. The maximum absolute atomic E-state index is 6.66. The minimum Gasteiger partial charge on any atom is -0.456 e. The first-order valence-electron chi connectivity index (χ1n) is 24.5. The summed E-state index contributed by atoms with van der Waals surface area (Å²) >= 11 is 0. The van der Waals surface area contributed by atoms with Gasteiger partial charge in [0.25, 0.3) is 6.71 Å². The van der Waals surface area contributed by atoms with Crippen LogP contribution in [0.5, 0.6) is 0 Å². The van der Waals surface area contributed by atoms with Crippen LogP contribution in [0.1, 0.15) is 58.2 Å². The number of furan rings is 1. The summed E-state index contributed by atoms with van der Waals surface area (Å²) in [5, 5.41) is 7.38. The number of hydrogen-bond donors (Lipinski definition) is 0. The molecule has 0 saturated heterocycles. The molecule has 0 fully saturated rings. The number of nitrogens with zero attached hydrogens (tertiary/aromatic N) is 4. The van der Waals surface area contributed by atoms with Crippen molar-refractivity contribution in [1.82, 2.24) is 9.13 Å². The lowest BCUT2D eigenvalue weighted by atomic mass is 9.33. The van der Waals surface area contributed by atoms with Gasteiger partial charge in [0.15, 0.2) is 0 Å². The van der Waals surface area contributed by atoms with Crippen molar-refractivity contribution >= 4 is 123 Å². The van der Waals surface area contributed by atoms with Gasteiger partial charge < -0.3 is 23.4 Å². The van der Waals surface area contributed by atoms with Crippen LogP contribution in [0.3, 0.4) is 0 Å². The van der Waals surface area contributed by atoms with Crippen LogP contribution in [-0.4, -0.2) is 15.8 Å². The molecule has 12 aromatic rings. The Morgan fingerprint density at radius 2 is 1.03 bits per heavy atom. The molecule has 15 rings (SSSR count). The van der Waals surface area contributed by atoms with Gasteiger partial charge in [-0.1, -0.05) is 120 Å². The first kappa shape index (κ1) is 39.1. The second-order valence-electron chi connectivity index (χ2n) is 21.9. The summed E-state index contributed by atoms with van der Waals surface area (Å²) < 4.78 is 11.7. The maximum Gasteiger partial charge on any atom is 0.252 e. The number of fused-ring (bicyclic) bond motifs is 15. The third-order valence-electron chi connectivity index (χ3n) is 15.7. The van der Waals surface area contributed by atoms with Crippen molar-refractivity contribution in [3.8, 4) is 11.4 Å². The van der Waals surface area contributed by atoms with Crippen LogP contribution < -0.4 is 26.2 Å². The Labute approximate surface area is 401 Å². The number of para-hydroxylation sites is 4. The van der Waals surface area contributed by atoms with E-state index < -0.39 is 0 Å². The standard InChI is InChI=1S/C63H49BN4O/c1-36-30-55-59-56(31-36)68-52-19-12-16-44-41-14-8-10-18-49(41)67(60(44)52)53-20-13-17-48(61(53)68)64(59)47-27-25-39(34-54(47)66(55)40-24-26-43-42-15-9-11-21-57(42)69-58(43)35-40)65-50-28-22-37(62(2,3)4)32-45(50)46-33-38(63(5,6)7)23-29-51(46)65/h8-35H,1-7H3. The molecule has 3 aliphatic rings. The smallest absolute Gasteiger partial charge is 0.252 e. The van der Waals surface area contributed by atoms with Gasteiger partial charge in [-0.3, -0.25) is 0 Å². The van der Waals surface area contributed by atoms with Gasteiger partial charge in [0.05, 0.1) is 39.1 Å². The molecular formula is C63H49BN4O. The van der Waals surface area contributed by atoms with E-state index in [1.54, 1.807) is 0 Å². The second kappa shape index (κ2) is 13.2. The van der Waals surface area contributed by atoms with Gasteiger partial charge in [-0.2, -0.15) is 0 Å². The van der Waals surface area contributed by atoms with E-state index in [9.17, 15) is 0 Å². The highest BCUT2D eigenvalue weighted by atomic mass is 16.3. The Morgan fingerprint density at radius 1 is 0.406 bits per heavy atom. The van der Waals surface area contributed by atoms with E-state index >= 15 is 0 Å². The summed E-state index contributed by atoms with van der Waals surface area (Å²) in [6, 6.07) is 64.4.